The van der Waals surface area contributed by atoms with Crippen LogP contribution < -0.4 is 4.74 Å². The van der Waals surface area contributed by atoms with Gasteiger partial charge < -0.3 is 14.4 Å². The van der Waals surface area contributed by atoms with Gasteiger partial charge in [0.2, 0.25) is 5.82 Å². The smallest absolute Gasteiger partial charge is 0.404 e. The minimum Gasteiger partial charge on any atom is -0.404 e. The van der Waals surface area contributed by atoms with Crippen molar-refractivity contribution >= 4 is 17.5 Å². The predicted octanol–water partition coefficient (Wildman–Crippen LogP) is 3.18. The third kappa shape index (κ3) is 5.10. The van der Waals surface area contributed by atoms with Crippen LogP contribution >= 0.6 is 11.6 Å². The van der Waals surface area contributed by atoms with E-state index >= 15 is 0 Å². The van der Waals surface area contributed by atoms with E-state index in [1.807, 2.05) is 0 Å². The molecule has 1 aromatic heterocycles. The van der Waals surface area contributed by atoms with E-state index in [1.54, 1.807) is 6.07 Å². The normalized spacial score (nSPS) is 15.6. The first-order valence-corrected chi connectivity index (χ1v) is 8.50. The number of halogens is 4. The van der Waals surface area contributed by atoms with E-state index in [0.29, 0.717) is 31.6 Å². The minimum absolute atomic E-state index is 0.0118. The van der Waals surface area contributed by atoms with E-state index in [4.69, 9.17) is 16.3 Å². The number of H-pyrrole nitrogens is 1. The quantitative estimate of drug-likeness (QED) is 0.827. The van der Waals surface area contributed by atoms with Crippen molar-refractivity contribution in [1.29, 1.82) is 0 Å². The summed E-state index contributed by atoms with van der Waals surface area (Å²) in [6.07, 6.45) is -2.37. The highest BCUT2D eigenvalue weighted by molar-refractivity contribution is 6.32. The van der Waals surface area contributed by atoms with Crippen LogP contribution in [0, 0.1) is 0 Å². The molecule has 2 aromatic rings. The molecule has 0 spiro atoms. The number of nitrogens with one attached hydrogen (secondary N) is 1. The molecule has 3 rings (SSSR count). The zero-order chi connectivity index (χ0) is 19.4. The molecule has 11 heteroatoms. The standard InChI is InChI=1S/C16H16ClF3N4O3/c17-12-2-1-10(7-13(12)27-16(18,19)20)8-24(11-3-5-26-6-4-11)15(25)14-21-9-22-23-14/h1-2,7,9,11H,3-6,8H2,(H,21,22,23). The fourth-order valence-corrected chi connectivity index (χ4v) is 3.01. The van der Waals surface area contributed by atoms with E-state index in [-0.39, 0.29) is 23.4 Å². The third-order valence-corrected chi connectivity index (χ3v) is 4.39. The number of benzene rings is 1. The fourth-order valence-electron chi connectivity index (χ4n) is 2.85. The second kappa shape index (κ2) is 8.13. The number of carbonyl (C=O) groups is 1. The number of aromatic nitrogens is 3. The number of amides is 1. The van der Waals surface area contributed by atoms with E-state index in [1.165, 1.54) is 23.4 Å². The molecule has 1 amide bonds. The highest BCUT2D eigenvalue weighted by Crippen LogP contribution is 2.32. The van der Waals surface area contributed by atoms with Gasteiger partial charge in [-0.2, -0.15) is 0 Å². The number of ether oxygens (including phenoxy) is 2. The summed E-state index contributed by atoms with van der Waals surface area (Å²) in [5, 5.41) is 6.11. The second-order valence-corrected chi connectivity index (χ2v) is 6.32. The molecule has 146 valence electrons. The SMILES string of the molecule is O=C(c1nc[nH]n1)N(Cc1ccc(Cl)c(OC(F)(F)F)c1)C1CCOCC1. The average Bonchev–Trinajstić information content (AvgIpc) is 3.16. The Morgan fingerprint density at radius 3 is 2.74 bits per heavy atom. The van der Waals surface area contributed by atoms with E-state index in [9.17, 15) is 18.0 Å². The summed E-state index contributed by atoms with van der Waals surface area (Å²) in [5.41, 5.74) is 0.439. The molecule has 1 aromatic carbocycles. The maximum Gasteiger partial charge on any atom is 0.573 e. The third-order valence-electron chi connectivity index (χ3n) is 4.07. The van der Waals surface area contributed by atoms with Gasteiger partial charge in [0, 0.05) is 25.8 Å². The fraction of sp³-hybridized carbons (Fsp3) is 0.438. The highest BCUT2D eigenvalue weighted by Gasteiger charge is 2.33. The lowest BCUT2D eigenvalue weighted by molar-refractivity contribution is -0.274. The van der Waals surface area contributed by atoms with E-state index in [2.05, 4.69) is 19.9 Å². The van der Waals surface area contributed by atoms with Crippen molar-refractivity contribution in [3.05, 3.63) is 40.9 Å². The van der Waals surface area contributed by atoms with Crippen LogP contribution in [0.3, 0.4) is 0 Å². The Morgan fingerprint density at radius 1 is 1.37 bits per heavy atom. The summed E-state index contributed by atoms with van der Waals surface area (Å²) in [7, 11) is 0. The molecule has 27 heavy (non-hydrogen) atoms. The molecule has 1 fully saturated rings. The Labute approximate surface area is 157 Å². The van der Waals surface area contributed by atoms with E-state index in [0.717, 1.165) is 0 Å². The Morgan fingerprint density at radius 2 is 2.11 bits per heavy atom. The molecule has 1 aliphatic rings. The van der Waals surface area contributed by atoms with Gasteiger partial charge in [-0.3, -0.25) is 9.89 Å². The molecule has 1 N–H and O–H groups in total. The van der Waals surface area contributed by atoms with Gasteiger partial charge in [-0.1, -0.05) is 17.7 Å². The molecule has 2 heterocycles. The Kier molecular flexibility index (Phi) is 5.85. The van der Waals surface area contributed by atoms with Gasteiger partial charge in [0.1, 0.15) is 12.1 Å². The van der Waals surface area contributed by atoms with Crippen LogP contribution in [-0.4, -0.2) is 51.6 Å². The van der Waals surface area contributed by atoms with Gasteiger partial charge in [-0.05, 0) is 30.5 Å². The molecular weight excluding hydrogens is 389 g/mol. The molecule has 0 aliphatic carbocycles. The van der Waals surface area contributed by atoms with Crippen molar-refractivity contribution in [3.8, 4) is 5.75 Å². The zero-order valence-corrected chi connectivity index (χ0v) is 14.8. The molecule has 0 unspecified atom stereocenters. The van der Waals surface area contributed by atoms with Crippen molar-refractivity contribution in [2.75, 3.05) is 13.2 Å². The molecule has 7 nitrogen and oxygen atoms in total. The Hall–Kier alpha value is -2.33. The van der Waals surface area contributed by atoms with Gasteiger partial charge >= 0.3 is 6.36 Å². The lowest BCUT2D eigenvalue weighted by atomic mass is 10.1. The molecule has 0 saturated carbocycles. The first kappa shape index (κ1) is 19.4. The maximum atomic E-state index is 12.8. The summed E-state index contributed by atoms with van der Waals surface area (Å²) in [5.74, 6) is -0.947. The monoisotopic (exact) mass is 404 g/mol. The van der Waals surface area contributed by atoms with Crippen LogP contribution in [0.15, 0.2) is 24.5 Å². The van der Waals surface area contributed by atoms with Crippen LogP contribution in [0.25, 0.3) is 0 Å². The first-order chi connectivity index (χ1) is 12.8. The van der Waals surface area contributed by atoms with Crippen LogP contribution in [0.5, 0.6) is 5.75 Å². The lowest BCUT2D eigenvalue weighted by Gasteiger charge is -2.33. The highest BCUT2D eigenvalue weighted by atomic mass is 35.5. The molecule has 1 aliphatic heterocycles. The van der Waals surface area contributed by atoms with Crippen molar-refractivity contribution in [2.24, 2.45) is 0 Å². The molecule has 0 bridgehead atoms. The van der Waals surface area contributed by atoms with Crippen molar-refractivity contribution < 1.29 is 27.4 Å². The second-order valence-electron chi connectivity index (χ2n) is 5.91. The lowest BCUT2D eigenvalue weighted by Crippen LogP contribution is -2.43. The molecule has 0 radical (unpaired) electrons. The largest absolute Gasteiger partial charge is 0.573 e. The molecular formula is C16H16ClF3N4O3. The van der Waals surface area contributed by atoms with E-state index < -0.39 is 18.0 Å². The van der Waals surface area contributed by atoms with Crippen LogP contribution in [-0.2, 0) is 11.3 Å². The van der Waals surface area contributed by atoms with Crippen molar-refractivity contribution in [3.63, 3.8) is 0 Å². The van der Waals surface area contributed by atoms with Crippen LogP contribution in [0.2, 0.25) is 5.02 Å². The predicted molar refractivity (Wildman–Crippen MR) is 88.2 cm³/mol. The van der Waals surface area contributed by atoms with Crippen molar-refractivity contribution in [1.82, 2.24) is 20.1 Å². The summed E-state index contributed by atoms with van der Waals surface area (Å²) in [6, 6.07) is 3.88. The number of rotatable bonds is 5. The summed E-state index contributed by atoms with van der Waals surface area (Å²) < 4.78 is 46.9. The zero-order valence-electron chi connectivity index (χ0n) is 14.0. The number of carbonyl (C=O) groups excluding carboxylic acids is 1. The average molecular weight is 405 g/mol. The molecule has 0 atom stereocenters. The minimum atomic E-state index is -4.86. The van der Waals surface area contributed by atoms with Gasteiger partial charge in [-0.25, -0.2) is 4.98 Å². The Balaban J connectivity index is 1.85. The summed E-state index contributed by atoms with van der Waals surface area (Å²) in [4.78, 5) is 18.2. The van der Waals surface area contributed by atoms with Gasteiger partial charge in [0.25, 0.3) is 5.91 Å². The summed E-state index contributed by atoms with van der Waals surface area (Å²) >= 11 is 5.79. The van der Waals surface area contributed by atoms with Gasteiger partial charge in [0.15, 0.2) is 0 Å². The Bertz CT molecular complexity index is 780. The first-order valence-electron chi connectivity index (χ1n) is 8.12. The number of alkyl halides is 3. The molecule has 1 saturated heterocycles. The number of nitrogens with zero attached hydrogens (tertiary/aromatic N) is 3. The van der Waals surface area contributed by atoms with Gasteiger partial charge in [0.05, 0.1) is 5.02 Å². The number of aromatic amines is 1. The number of hydrogen-bond donors (Lipinski definition) is 1. The topological polar surface area (TPSA) is 80.3 Å². The maximum absolute atomic E-state index is 12.8. The van der Waals surface area contributed by atoms with Crippen molar-refractivity contribution in [2.45, 2.75) is 31.8 Å². The number of hydrogen-bond acceptors (Lipinski definition) is 5. The summed E-state index contributed by atoms with van der Waals surface area (Å²) in [6.45, 7) is 1.04. The van der Waals surface area contributed by atoms with Crippen LogP contribution in [0.1, 0.15) is 29.0 Å². The van der Waals surface area contributed by atoms with Gasteiger partial charge in [-0.15, -0.1) is 18.3 Å². The van der Waals surface area contributed by atoms with Crippen LogP contribution in [0.4, 0.5) is 13.2 Å².